The Morgan fingerprint density at radius 2 is 1.67 bits per heavy atom. The van der Waals surface area contributed by atoms with Gasteiger partial charge in [-0.3, -0.25) is 14.6 Å². The summed E-state index contributed by atoms with van der Waals surface area (Å²) in [4.78, 5) is 27.1. The number of nitrogens with one attached hydrogen (secondary N) is 1. The van der Waals surface area contributed by atoms with Gasteiger partial charge in [-0.25, -0.2) is 4.99 Å². The van der Waals surface area contributed by atoms with E-state index in [0.717, 1.165) is 67.2 Å². The van der Waals surface area contributed by atoms with E-state index in [1.165, 1.54) is 0 Å². The van der Waals surface area contributed by atoms with Crippen molar-refractivity contribution in [2.24, 2.45) is 4.99 Å². The van der Waals surface area contributed by atoms with Crippen LogP contribution >= 0.6 is 0 Å². The number of likely N-dealkylation sites (N-methyl/N-ethyl adjacent to an activating group) is 2. The number of nitrogens with zero attached hydrogens (tertiary/aromatic N) is 4. The predicted molar refractivity (Wildman–Crippen MR) is 156 cm³/mol. The number of aromatic hydroxyl groups is 1. The first-order valence-corrected chi connectivity index (χ1v) is 13.3. The van der Waals surface area contributed by atoms with E-state index in [9.17, 15) is 9.90 Å². The molecule has 0 bridgehead atoms. The number of hydrogen-bond acceptors (Lipinski definition) is 6. The summed E-state index contributed by atoms with van der Waals surface area (Å²) in [5.41, 5.74) is 4.61. The number of aromatic amines is 1. The van der Waals surface area contributed by atoms with Gasteiger partial charge in [0.15, 0.2) is 5.88 Å². The molecular weight excluding hydrogens is 490 g/mol. The summed E-state index contributed by atoms with van der Waals surface area (Å²) >= 11 is 0. The molecule has 8 heteroatoms. The number of rotatable bonds is 9. The van der Waals surface area contributed by atoms with Gasteiger partial charge in [-0.05, 0) is 37.4 Å². The summed E-state index contributed by atoms with van der Waals surface area (Å²) in [7, 11) is 3.78. The van der Waals surface area contributed by atoms with Crippen molar-refractivity contribution in [1.29, 1.82) is 0 Å². The molecular formula is C31H35N5O3. The van der Waals surface area contributed by atoms with Crippen LogP contribution in [0.25, 0.3) is 10.9 Å². The molecule has 1 saturated heterocycles. The maximum absolute atomic E-state index is 13.0. The van der Waals surface area contributed by atoms with Crippen LogP contribution in [0.3, 0.4) is 0 Å². The number of benzene rings is 3. The summed E-state index contributed by atoms with van der Waals surface area (Å²) in [6, 6.07) is 25.2. The van der Waals surface area contributed by atoms with Crippen molar-refractivity contribution in [3.8, 4) is 5.88 Å². The second kappa shape index (κ2) is 12.3. The molecule has 0 atom stereocenters. The zero-order chi connectivity index (χ0) is 27.2. The van der Waals surface area contributed by atoms with Crippen LogP contribution in [-0.4, -0.2) is 91.5 Å². The van der Waals surface area contributed by atoms with Crippen molar-refractivity contribution >= 4 is 33.9 Å². The van der Waals surface area contributed by atoms with Gasteiger partial charge in [0.1, 0.15) is 0 Å². The number of carbonyl (C=O) groups is 1. The second-order valence-electron chi connectivity index (χ2n) is 9.88. The maximum atomic E-state index is 13.0. The van der Waals surface area contributed by atoms with E-state index in [2.05, 4.69) is 14.8 Å². The van der Waals surface area contributed by atoms with Gasteiger partial charge in [0.25, 0.3) is 0 Å². The Labute approximate surface area is 229 Å². The lowest BCUT2D eigenvalue weighted by Gasteiger charge is -2.29. The molecule has 5 rings (SSSR count). The van der Waals surface area contributed by atoms with Crippen molar-refractivity contribution in [1.82, 2.24) is 14.8 Å². The lowest BCUT2D eigenvalue weighted by Crippen LogP contribution is -2.43. The Bertz CT molecular complexity index is 1430. The number of H-pyrrole nitrogens is 1. The van der Waals surface area contributed by atoms with Gasteiger partial charge >= 0.3 is 0 Å². The molecule has 0 radical (unpaired) electrons. The van der Waals surface area contributed by atoms with Crippen LogP contribution in [0.15, 0.2) is 83.9 Å². The number of ether oxygens (including phenoxy) is 1. The molecule has 202 valence electrons. The molecule has 0 unspecified atom stereocenters. The topological polar surface area (TPSA) is 84.4 Å². The highest BCUT2D eigenvalue weighted by Gasteiger charge is 2.19. The zero-order valence-electron chi connectivity index (χ0n) is 22.5. The van der Waals surface area contributed by atoms with Crippen molar-refractivity contribution in [2.75, 3.05) is 64.9 Å². The first-order chi connectivity index (χ1) is 19.0. The van der Waals surface area contributed by atoms with Gasteiger partial charge in [-0.1, -0.05) is 48.5 Å². The lowest BCUT2D eigenvalue weighted by atomic mass is 10.0. The van der Waals surface area contributed by atoms with Crippen LogP contribution in [0.1, 0.15) is 11.1 Å². The number of hydrogen-bond donors (Lipinski definition) is 2. The molecule has 0 aliphatic carbocycles. The summed E-state index contributed by atoms with van der Waals surface area (Å²) < 4.78 is 5.41. The highest BCUT2D eigenvalue weighted by molar-refractivity contribution is 6.21. The average Bonchev–Trinajstić information content (AvgIpc) is 3.31. The molecule has 1 aliphatic rings. The third-order valence-corrected chi connectivity index (χ3v) is 7.13. The number of amides is 1. The van der Waals surface area contributed by atoms with Crippen molar-refractivity contribution < 1.29 is 14.6 Å². The molecule has 39 heavy (non-hydrogen) atoms. The van der Waals surface area contributed by atoms with Gasteiger partial charge in [-0.2, -0.15) is 0 Å². The number of anilines is 1. The van der Waals surface area contributed by atoms with Crippen LogP contribution in [0.4, 0.5) is 11.4 Å². The third kappa shape index (κ3) is 6.37. The van der Waals surface area contributed by atoms with Crippen molar-refractivity contribution in [2.45, 2.75) is 0 Å². The Morgan fingerprint density at radius 3 is 2.41 bits per heavy atom. The van der Waals surface area contributed by atoms with Crippen molar-refractivity contribution in [3.63, 3.8) is 0 Å². The normalized spacial score (nSPS) is 14.7. The van der Waals surface area contributed by atoms with E-state index in [-0.39, 0.29) is 11.8 Å². The largest absolute Gasteiger partial charge is 0.494 e. The standard InChI is InChI=1S/C31H35N5O3/c1-34(16-17-36-18-20-39-21-19-36)22-28(37)35(2)25-14-12-24(13-15-25)32-30(23-8-4-3-5-9-23)29-26-10-6-7-11-27(26)33-31(29)38/h3-15,33,38H,16-22H2,1-2H3. The number of fused-ring (bicyclic) bond motifs is 1. The zero-order valence-corrected chi connectivity index (χ0v) is 22.5. The molecule has 8 nitrogen and oxygen atoms in total. The minimum absolute atomic E-state index is 0.0319. The highest BCUT2D eigenvalue weighted by Crippen LogP contribution is 2.31. The van der Waals surface area contributed by atoms with Crippen LogP contribution in [-0.2, 0) is 9.53 Å². The molecule has 0 saturated carbocycles. The summed E-state index contributed by atoms with van der Waals surface area (Å²) in [6.45, 7) is 5.56. The molecule has 3 aromatic carbocycles. The quantitative estimate of drug-likeness (QED) is 0.319. The first kappa shape index (κ1) is 26.6. The minimum atomic E-state index is 0.0319. The Hall–Kier alpha value is -3.98. The van der Waals surface area contributed by atoms with E-state index >= 15 is 0 Å². The fraction of sp³-hybridized carbons (Fsp3) is 0.290. The fourth-order valence-electron chi connectivity index (χ4n) is 4.81. The van der Waals surface area contributed by atoms with Gasteiger partial charge in [-0.15, -0.1) is 0 Å². The molecule has 1 fully saturated rings. The van der Waals surface area contributed by atoms with E-state index in [4.69, 9.17) is 9.73 Å². The second-order valence-corrected chi connectivity index (χ2v) is 9.88. The summed E-state index contributed by atoms with van der Waals surface area (Å²) in [5, 5.41) is 11.7. The van der Waals surface area contributed by atoms with Gasteiger partial charge < -0.3 is 19.7 Å². The molecule has 1 aliphatic heterocycles. The van der Waals surface area contributed by atoms with Crippen LogP contribution in [0, 0.1) is 0 Å². The Balaban J connectivity index is 1.32. The predicted octanol–water partition coefficient (Wildman–Crippen LogP) is 4.27. The van der Waals surface area contributed by atoms with Gasteiger partial charge in [0, 0.05) is 55.4 Å². The van der Waals surface area contributed by atoms with E-state index in [0.29, 0.717) is 17.8 Å². The monoisotopic (exact) mass is 525 g/mol. The average molecular weight is 526 g/mol. The number of carbonyl (C=O) groups excluding carboxylic acids is 1. The molecule has 0 spiro atoms. The third-order valence-electron chi connectivity index (χ3n) is 7.13. The molecule has 1 aromatic heterocycles. The van der Waals surface area contributed by atoms with E-state index in [1.807, 2.05) is 85.9 Å². The minimum Gasteiger partial charge on any atom is -0.494 e. The summed E-state index contributed by atoms with van der Waals surface area (Å²) in [6.07, 6.45) is 0. The van der Waals surface area contributed by atoms with E-state index < -0.39 is 0 Å². The van der Waals surface area contributed by atoms with Gasteiger partial charge in [0.2, 0.25) is 5.91 Å². The first-order valence-electron chi connectivity index (χ1n) is 13.3. The Kier molecular flexibility index (Phi) is 8.36. The molecule has 2 N–H and O–H groups in total. The van der Waals surface area contributed by atoms with E-state index in [1.54, 1.807) is 11.9 Å². The van der Waals surface area contributed by atoms with Crippen LogP contribution < -0.4 is 4.90 Å². The summed E-state index contributed by atoms with van der Waals surface area (Å²) in [5.74, 6) is 0.114. The number of morpholine rings is 1. The highest BCUT2D eigenvalue weighted by atomic mass is 16.5. The smallest absolute Gasteiger partial charge is 0.240 e. The SMILES string of the molecule is CN(CCN1CCOCC1)CC(=O)N(C)c1ccc(N=C(c2ccccc2)c2c(O)[nH]c3ccccc23)cc1. The fourth-order valence-corrected chi connectivity index (χ4v) is 4.81. The van der Waals surface area contributed by atoms with Crippen molar-refractivity contribution in [3.05, 3.63) is 90.0 Å². The lowest BCUT2D eigenvalue weighted by molar-refractivity contribution is -0.119. The van der Waals surface area contributed by atoms with Crippen LogP contribution in [0.5, 0.6) is 5.88 Å². The Morgan fingerprint density at radius 1 is 0.974 bits per heavy atom. The molecule has 4 aromatic rings. The number of aliphatic imine (C=N–C) groups is 1. The van der Waals surface area contributed by atoms with Crippen LogP contribution in [0.2, 0.25) is 0 Å². The molecule has 2 heterocycles. The number of para-hydroxylation sites is 1. The number of aromatic nitrogens is 1. The van der Waals surface area contributed by atoms with Gasteiger partial charge in [0.05, 0.1) is 36.7 Å². The molecule has 1 amide bonds. The maximum Gasteiger partial charge on any atom is 0.240 e.